The summed E-state index contributed by atoms with van der Waals surface area (Å²) in [6.07, 6.45) is 3.11. The molecular formula is C12H16ClN3O. The molecule has 17 heavy (non-hydrogen) atoms. The van der Waals surface area contributed by atoms with Crippen LogP contribution in [-0.4, -0.2) is 33.8 Å². The van der Waals surface area contributed by atoms with Gasteiger partial charge < -0.3 is 4.98 Å². The van der Waals surface area contributed by atoms with Crippen LogP contribution in [0.15, 0.2) is 4.79 Å². The minimum Gasteiger partial charge on any atom is -0.310 e. The van der Waals surface area contributed by atoms with Crippen molar-refractivity contribution >= 4 is 11.6 Å². The predicted molar refractivity (Wildman–Crippen MR) is 66.5 cm³/mol. The second-order valence-electron chi connectivity index (χ2n) is 4.87. The van der Waals surface area contributed by atoms with Crippen LogP contribution in [0, 0.1) is 0 Å². The monoisotopic (exact) mass is 253 g/mol. The Balaban J connectivity index is 1.91. The van der Waals surface area contributed by atoms with Gasteiger partial charge in [0, 0.05) is 37.0 Å². The number of alkyl halides is 1. The number of halogens is 1. The first-order valence-corrected chi connectivity index (χ1v) is 6.71. The lowest BCUT2D eigenvalue weighted by molar-refractivity contribution is 0.263. The van der Waals surface area contributed by atoms with Crippen LogP contribution >= 0.6 is 11.6 Å². The van der Waals surface area contributed by atoms with Crippen LogP contribution < -0.4 is 5.56 Å². The summed E-state index contributed by atoms with van der Waals surface area (Å²) in [7, 11) is 0. The molecule has 3 rings (SSSR count). The second kappa shape index (κ2) is 4.42. The third-order valence-electron chi connectivity index (χ3n) is 3.54. The molecule has 0 aromatic carbocycles. The average molecular weight is 254 g/mol. The second-order valence-corrected chi connectivity index (χ2v) is 5.24. The minimum absolute atomic E-state index is 0.0717. The largest absolute Gasteiger partial charge is 0.310 e. The lowest BCUT2D eigenvalue weighted by atomic mass is 10.1. The molecule has 0 amide bonds. The van der Waals surface area contributed by atoms with Crippen molar-refractivity contribution in [2.45, 2.75) is 31.7 Å². The quantitative estimate of drug-likeness (QED) is 0.825. The van der Waals surface area contributed by atoms with Gasteiger partial charge in [-0.05, 0) is 19.3 Å². The molecule has 4 nitrogen and oxygen atoms in total. The van der Waals surface area contributed by atoms with Crippen molar-refractivity contribution in [3.8, 4) is 0 Å². The summed E-state index contributed by atoms with van der Waals surface area (Å²) in [5, 5.41) is 0. The van der Waals surface area contributed by atoms with Crippen LogP contribution in [-0.2, 0) is 13.0 Å². The molecular weight excluding hydrogens is 238 g/mol. The molecule has 1 fully saturated rings. The van der Waals surface area contributed by atoms with Crippen molar-refractivity contribution < 1.29 is 0 Å². The number of H-pyrrole nitrogens is 1. The number of hydrogen-bond donors (Lipinski definition) is 1. The Bertz CT molecular complexity index is 481. The van der Waals surface area contributed by atoms with E-state index < -0.39 is 0 Å². The van der Waals surface area contributed by atoms with Crippen LogP contribution in [0.1, 0.15) is 35.8 Å². The smallest absolute Gasteiger partial charge is 0.254 e. The number of nitrogens with one attached hydrogen (secondary N) is 1. The van der Waals surface area contributed by atoms with E-state index in [2.05, 4.69) is 14.9 Å². The Kier molecular flexibility index (Phi) is 2.92. The maximum Gasteiger partial charge on any atom is 0.254 e. The van der Waals surface area contributed by atoms with Gasteiger partial charge >= 0.3 is 0 Å². The van der Waals surface area contributed by atoms with Gasteiger partial charge in [0.15, 0.2) is 0 Å². The molecule has 0 unspecified atom stereocenters. The standard InChI is InChI=1S/C12H16ClN3O/c13-4-6-16-5-3-9-10(7-16)14-11(8-1-2-8)15-12(9)17/h8H,1-7H2,(H,14,15,17). The van der Waals surface area contributed by atoms with Crippen molar-refractivity contribution in [1.29, 1.82) is 0 Å². The average Bonchev–Trinajstić information content (AvgIpc) is 3.12. The molecule has 92 valence electrons. The highest BCUT2D eigenvalue weighted by molar-refractivity contribution is 6.18. The summed E-state index contributed by atoms with van der Waals surface area (Å²) >= 11 is 5.75. The fourth-order valence-electron chi connectivity index (χ4n) is 2.37. The molecule has 0 saturated heterocycles. The lowest BCUT2D eigenvalue weighted by Gasteiger charge is -2.26. The third-order valence-corrected chi connectivity index (χ3v) is 3.70. The summed E-state index contributed by atoms with van der Waals surface area (Å²) in [6, 6.07) is 0. The number of aromatic amines is 1. The summed E-state index contributed by atoms with van der Waals surface area (Å²) in [5.41, 5.74) is 1.91. The van der Waals surface area contributed by atoms with Crippen LogP contribution in [0.3, 0.4) is 0 Å². The maximum atomic E-state index is 11.9. The molecule has 0 radical (unpaired) electrons. The first-order valence-electron chi connectivity index (χ1n) is 6.18. The van der Waals surface area contributed by atoms with E-state index in [0.717, 1.165) is 56.0 Å². The molecule has 0 atom stereocenters. The van der Waals surface area contributed by atoms with Gasteiger partial charge in [-0.1, -0.05) is 0 Å². The number of aromatic nitrogens is 2. The molecule has 1 aliphatic carbocycles. The van der Waals surface area contributed by atoms with Crippen LogP contribution in [0.5, 0.6) is 0 Å². The molecule has 1 aromatic rings. The first kappa shape index (κ1) is 11.2. The van der Waals surface area contributed by atoms with Crippen molar-refractivity contribution in [3.05, 3.63) is 27.4 Å². The summed E-state index contributed by atoms with van der Waals surface area (Å²) in [6.45, 7) is 2.55. The van der Waals surface area contributed by atoms with Gasteiger partial charge in [-0.3, -0.25) is 9.69 Å². The molecule has 1 aromatic heterocycles. The highest BCUT2D eigenvalue weighted by atomic mass is 35.5. The van der Waals surface area contributed by atoms with Crippen LogP contribution in [0.25, 0.3) is 0 Å². The number of nitrogens with zero attached hydrogens (tertiary/aromatic N) is 2. The lowest BCUT2D eigenvalue weighted by Crippen LogP contribution is -2.36. The number of rotatable bonds is 3. The number of hydrogen-bond acceptors (Lipinski definition) is 3. The molecule has 0 bridgehead atoms. The zero-order valence-corrected chi connectivity index (χ0v) is 10.5. The Hall–Kier alpha value is -0.870. The summed E-state index contributed by atoms with van der Waals surface area (Å²) in [5.74, 6) is 2.02. The van der Waals surface area contributed by atoms with Gasteiger partial charge in [-0.15, -0.1) is 11.6 Å². The van der Waals surface area contributed by atoms with Gasteiger partial charge in [0.1, 0.15) is 5.82 Å². The molecule has 0 spiro atoms. The van der Waals surface area contributed by atoms with Crippen LogP contribution in [0.2, 0.25) is 0 Å². The number of fused-ring (bicyclic) bond motifs is 1. The van der Waals surface area contributed by atoms with Gasteiger partial charge in [0.05, 0.1) is 5.69 Å². The van der Waals surface area contributed by atoms with Crippen molar-refractivity contribution in [2.75, 3.05) is 19.0 Å². The Morgan fingerprint density at radius 1 is 1.47 bits per heavy atom. The van der Waals surface area contributed by atoms with Gasteiger partial charge in [-0.25, -0.2) is 4.98 Å². The summed E-state index contributed by atoms with van der Waals surface area (Å²) in [4.78, 5) is 21.8. The van der Waals surface area contributed by atoms with Gasteiger partial charge in [0.2, 0.25) is 0 Å². The van der Waals surface area contributed by atoms with E-state index in [1.54, 1.807) is 0 Å². The Labute approximate surface area is 105 Å². The van der Waals surface area contributed by atoms with Gasteiger partial charge in [-0.2, -0.15) is 0 Å². The Morgan fingerprint density at radius 3 is 3.00 bits per heavy atom. The van der Waals surface area contributed by atoms with E-state index in [0.29, 0.717) is 11.8 Å². The van der Waals surface area contributed by atoms with E-state index in [4.69, 9.17) is 11.6 Å². The molecule has 1 aliphatic heterocycles. The SMILES string of the molecule is O=c1[nH]c(C2CC2)nc2c1CCN(CCCl)C2. The molecule has 1 saturated carbocycles. The molecule has 2 heterocycles. The van der Waals surface area contributed by atoms with E-state index >= 15 is 0 Å². The van der Waals surface area contributed by atoms with E-state index in [1.807, 2.05) is 0 Å². The maximum absolute atomic E-state index is 11.9. The molecule has 1 N–H and O–H groups in total. The van der Waals surface area contributed by atoms with Gasteiger partial charge in [0.25, 0.3) is 5.56 Å². The van der Waals surface area contributed by atoms with Crippen LogP contribution in [0.4, 0.5) is 0 Å². The molecule has 2 aliphatic rings. The minimum atomic E-state index is 0.0717. The van der Waals surface area contributed by atoms with E-state index in [1.165, 1.54) is 0 Å². The van der Waals surface area contributed by atoms with E-state index in [9.17, 15) is 4.79 Å². The third kappa shape index (κ3) is 2.24. The van der Waals surface area contributed by atoms with Crippen molar-refractivity contribution in [1.82, 2.24) is 14.9 Å². The highest BCUT2D eigenvalue weighted by Crippen LogP contribution is 2.37. The first-order chi connectivity index (χ1) is 8.28. The molecule has 5 heteroatoms. The van der Waals surface area contributed by atoms with Crippen molar-refractivity contribution in [2.24, 2.45) is 0 Å². The summed E-state index contributed by atoms with van der Waals surface area (Å²) < 4.78 is 0. The fourth-order valence-corrected chi connectivity index (χ4v) is 2.61. The van der Waals surface area contributed by atoms with Crippen molar-refractivity contribution in [3.63, 3.8) is 0 Å². The zero-order chi connectivity index (χ0) is 11.8. The topological polar surface area (TPSA) is 49.0 Å². The highest BCUT2D eigenvalue weighted by Gasteiger charge is 2.28. The predicted octanol–water partition coefficient (Wildman–Crippen LogP) is 1.24. The van der Waals surface area contributed by atoms with E-state index in [-0.39, 0.29) is 5.56 Å². The fraction of sp³-hybridized carbons (Fsp3) is 0.667. The normalized spacial score (nSPS) is 20.3. The Morgan fingerprint density at radius 2 is 2.29 bits per heavy atom. The zero-order valence-electron chi connectivity index (χ0n) is 9.71.